The van der Waals surface area contributed by atoms with Gasteiger partial charge in [-0.2, -0.15) is 0 Å². The number of carboxylic acid groups (broad SMARTS) is 1. The SMILES string of the molecule is COc1c(O)cc(Br)c(F)c1C(CN)C(=O)O. The molecule has 0 aliphatic heterocycles. The molecule has 0 fully saturated rings. The summed E-state index contributed by atoms with van der Waals surface area (Å²) in [7, 11) is 1.21. The Hall–Kier alpha value is -1.34. The molecule has 0 aliphatic rings. The van der Waals surface area contributed by atoms with Crippen LogP contribution in [-0.4, -0.2) is 29.8 Å². The lowest BCUT2D eigenvalue weighted by Crippen LogP contribution is -2.23. The maximum atomic E-state index is 13.9. The van der Waals surface area contributed by atoms with Crippen LogP contribution in [0.4, 0.5) is 4.39 Å². The first-order chi connectivity index (χ1) is 7.93. The number of hydrogen-bond donors (Lipinski definition) is 3. The molecule has 0 aromatic heterocycles. The fraction of sp³-hybridized carbons (Fsp3) is 0.300. The van der Waals surface area contributed by atoms with Gasteiger partial charge >= 0.3 is 5.97 Å². The molecule has 0 amide bonds. The lowest BCUT2D eigenvalue weighted by Gasteiger charge is -2.17. The van der Waals surface area contributed by atoms with Crippen molar-refractivity contribution < 1.29 is 24.1 Å². The van der Waals surface area contributed by atoms with Crippen LogP contribution in [0.5, 0.6) is 11.5 Å². The minimum atomic E-state index is -1.29. The van der Waals surface area contributed by atoms with E-state index in [0.717, 1.165) is 6.07 Å². The van der Waals surface area contributed by atoms with Gasteiger partial charge in [0.1, 0.15) is 11.7 Å². The molecule has 7 heteroatoms. The molecule has 0 radical (unpaired) electrons. The fourth-order valence-electron chi connectivity index (χ4n) is 1.48. The quantitative estimate of drug-likeness (QED) is 0.782. The molecule has 1 aromatic rings. The van der Waals surface area contributed by atoms with Crippen LogP contribution in [-0.2, 0) is 4.79 Å². The van der Waals surface area contributed by atoms with E-state index in [0.29, 0.717) is 0 Å². The van der Waals surface area contributed by atoms with Crippen LogP contribution in [0.25, 0.3) is 0 Å². The van der Waals surface area contributed by atoms with E-state index in [9.17, 15) is 14.3 Å². The monoisotopic (exact) mass is 307 g/mol. The smallest absolute Gasteiger partial charge is 0.312 e. The van der Waals surface area contributed by atoms with Gasteiger partial charge in [-0.3, -0.25) is 4.79 Å². The second-order valence-corrected chi connectivity index (χ2v) is 4.12. The second-order valence-electron chi connectivity index (χ2n) is 3.26. The van der Waals surface area contributed by atoms with Gasteiger partial charge in [0.2, 0.25) is 0 Å². The molecule has 4 N–H and O–H groups in total. The van der Waals surface area contributed by atoms with Gasteiger partial charge < -0.3 is 20.7 Å². The number of carboxylic acids is 1. The zero-order chi connectivity index (χ0) is 13.2. The Labute approximate surface area is 105 Å². The zero-order valence-corrected chi connectivity index (χ0v) is 10.5. The van der Waals surface area contributed by atoms with E-state index in [2.05, 4.69) is 15.9 Å². The number of hydrogen-bond acceptors (Lipinski definition) is 4. The second kappa shape index (κ2) is 5.33. The Morgan fingerprint density at radius 1 is 1.71 bits per heavy atom. The highest BCUT2D eigenvalue weighted by molar-refractivity contribution is 9.10. The van der Waals surface area contributed by atoms with Crippen molar-refractivity contribution in [3.8, 4) is 11.5 Å². The summed E-state index contributed by atoms with van der Waals surface area (Å²) in [6.07, 6.45) is 0. The Morgan fingerprint density at radius 2 is 2.29 bits per heavy atom. The summed E-state index contributed by atoms with van der Waals surface area (Å²) < 4.78 is 18.6. The average molecular weight is 308 g/mol. The van der Waals surface area contributed by atoms with Crippen LogP contribution in [0.1, 0.15) is 11.5 Å². The Bertz CT molecular complexity index is 452. The van der Waals surface area contributed by atoms with Gasteiger partial charge in [-0.15, -0.1) is 0 Å². The highest BCUT2D eigenvalue weighted by Gasteiger charge is 2.29. The predicted molar refractivity (Wildman–Crippen MR) is 61.7 cm³/mol. The summed E-state index contributed by atoms with van der Waals surface area (Å²) in [4.78, 5) is 11.0. The first kappa shape index (κ1) is 13.7. The van der Waals surface area contributed by atoms with Gasteiger partial charge in [-0.1, -0.05) is 0 Å². The summed E-state index contributed by atoms with van der Waals surface area (Å²) in [5.41, 5.74) is 5.03. The van der Waals surface area contributed by atoms with Crippen molar-refractivity contribution >= 4 is 21.9 Å². The number of halogens is 2. The van der Waals surface area contributed by atoms with Crippen molar-refractivity contribution in [1.82, 2.24) is 0 Å². The molecular formula is C10H11BrFNO4. The van der Waals surface area contributed by atoms with E-state index in [1.807, 2.05) is 0 Å². The van der Waals surface area contributed by atoms with Crippen molar-refractivity contribution in [3.05, 3.63) is 21.9 Å². The number of aliphatic carboxylic acids is 1. The van der Waals surface area contributed by atoms with Crippen molar-refractivity contribution in [2.45, 2.75) is 5.92 Å². The molecule has 0 heterocycles. The predicted octanol–water partition coefficient (Wildman–Crippen LogP) is 1.43. The summed E-state index contributed by atoms with van der Waals surface area (Å²) in [6, 6.07) is 1.09. The zero-order valence-electron chi connectivity index (χ0n) is 8.91. The van der Waals surface area contributed by atoms with E-state index in [1.54, 1.807) is 0 Å². The first-order valence-electron chi connectivity index (χ1n) is 4.61. The van der Waals surface area contributed by atoms with E-state index < -0.39 is 17.7 Å². The molecule has 0 bridgehead atoms. The van der Waals surface area contributed by atoms with Gasteiger partial charge in [0.25, 0.3) is 0 Å². The van der Waals surface area contributed by atoms with Gasteiger partial charge in [0.05, 0.1) is 17.1 Å². The molecule has 0 saturated heterocycles. The number of rotatable bonds is 4. The van der Waals surface area contributed by atoms with Crippen molar-refractivity contribution in [1.29, 1.82) is 0 Å². The maximum absolute atomic E-state index is 13.9. The summed E-state index contributed by atoms with van der Waals surface area (Å²) in [5.74, 6) is -3.95. The number of benzene rings is 1. The molecule has 0 spiro atoms. The lowest BCUT2D eigenvalue weighted by atomic mass is 9.97. The van der Waals surface area contributed by atoms with Crippen molar-refractivity contribution in [3.63, 3.8) is 0 Å². The molecule has 0 saturated carbocycles. The van der Waals surface area contributed by atoms with Crippen LogP contribution in [0.2, 0.25) is 0 Å². The van der Waals surface area contributed by atoms with Crippen molar-refractivity contribution in [2.75, 3.05) is 13.7 Å². The summed E-state index contributed by atoms with van der Waals surface area (Å²) >= 11 is 2.88. The molecular weight excluding hydrogens is 297 g/mol. The van der Waals surface area contributed by atoms with E-state index >= 15 is 0 Å². The third-order valence-corrected chi connectivity index (χ3v) is 2.85. The third kappa shape index (κ3) is 2.50. The number of carbonyl (C=O) groups is 1. The average Bonchev–Trinajstić information content (AvgIpc) is 2.25. The van der Waals surface area contributed by atoms with Crippen LogP contribution in [0, 0.1) is 5.82 Å². The minimum absolute atomic E-state index is 0.0505. The normalized spacial score (nSPS) is 12.2. The van der Waals surface area contributed by atoms with E-state index in [-0.39, 0.29) is 28.1 Å². The minimum Gasteiger partial charge on any atom is -0.504 e. The van der Waals surface area contributed by atoms with E-state index in [4.69, 9.17) is 15.6 Å². The number of phenolic OH excluding ortho intramolecular Hbond substituents is 1. The Morgan fingerprint density at radius 3 is 2.71 bits per heavy atom. The Balaban J connectivity index is 3.53. The van der Waals surface area contributed by atoms with Crippen LogP contribution >= 0.6 is 15.9 Å². The number of phenols is 1. The standard InChI is InChI=1S/C10H11BrFNO4/c1-17-9-6(14)2-5(11)8(12)7(9)4(3-13)10(15)16/h2,4,14H,3,13H2,1H3,(H,15,16). The van der Waals surface area contributed by atoms with Gasteiger partial charge in [-0.25, -0.2) is 4.39 Å². The van der Waals surface area contributed by atoms with Crippen LogP contribution < -0.4 is 10.5 Å². The van der Waals surface area contributed by atoms with Gasteiger partial charge in [0, 0.05) is 12.6 Å². The summed E-state index contributed by atoms with van der Waals surface area (Å²) in [5, 5.41) is 18.5. The first-order valence-corrected chi connectivity index (χ1v) is 5.41. The van der Waals surface area contributed by atoms with Crippen molar-refractivity contribution in [2.24, 2.45) is 5.73 Å². The molecule has 5 nitrogen and oxygen atoms in total. The molecule has 1 rings (SSSR count). The van der Waals surface area contributed by atoms with Gasteiger partial charge in [0.15, 0.2) is 11.5 Å². The fourth-order valence-corrected chi connectivity index (χ4v) is 1.91. The third-order valence-electron chi connectivity index (χ3n) is 2.27. The van der Waals surface area contributed by atoms with Gasteiger partial charge in [-0.05, 0) is 15.9 Å². The number of methoxy groups -OCH3 is 1. The highest BCUT2D eigenvalue weighted by Crippen LogP contribution is 2.40. The number of aromatic hydroxyl groups is 1. The molecule has 1 aromatic carbocycles. The number of ether oxygens (including phenoxy) is 1. The van der Waals surface area contributed by atoms with Crippen LogP contribution in [0.15, 0.2) is 10.5 Å². The molecule has 1 unspecified atom stereocenters. The molecule has 0 aliphatic carbocycles. The van der Waals surface area contributed by atoms with Crippen LogP contribution in [0.3, 0.4) is 0 Å². The number of nitrogens with two attached hydrogens (primary N) is 1. The topological polar surface area (TPSA) is 92.8 Å². The Kier molecular flexibility index (Phi) is 4.30. The largest absolute Gasteiger partial charge is 0.504 e. The summed E-state index contributed by atoms with van der Waals surface area (Å²) in [6.45, 7) is -0.307. The molecule has 94 valence electrons. The molecule has 17 heavy (non-hydrogen) atoms. The maximum Gasteiger partial charge on any atom is 0.312 e. The highest BCUT2D eigenvalue weighted by atomic mass is 79.9. The lowest BCUT2D eigenvalue weighted by molar-refractivity contribution is -0.138. The van der Waals surface area contributed by atoms with E-state index in [1.165, 1.54) is 7.11 Å². The molecule has 1 atom stereocenters.